The van der Waals surface area contributed by atoms with E-state index >= 15 is 0 Å². The van der Waals surface area contributed by atoms with Crippen LogP contribution in [0.25, 0.3) is 5.69 Å². The number of halogens is 2. The monoisotopic (exact) mass is 754 g/mol. The third kappa shape index (κ3) is 11.9. The summed E-state index contributed by atoms with van der Waals surface area (Å²) in [5.74, 6) is -0.992. The highest BCUT2D eigenvalue weighted by Gasteiger charge is 2.30. The average Bonchev–Trinajstić information content (AvgIpc) is 3.49. The van der Waals surface area contributed by atoms with Gasteiger partial charge in [0.1, 0.15) is 17.9 Å². The first-order valence-corrected chi connectivity index (χ1v) is 18.2. The Bertz CT molecular complexity index is 1710. The number of primary amides is 1. The molecule has 4 rings (SSSR count). The molecule has 6 N–H and O–H groups in total. The van der Waals surface area contributed by atoms with Gasteiger partial charge in [0, 0.05) is 55.6 Å². The standard InChI is InChI=1S/C36H48Cl2N10O4/c1-22(2)16-27(21-31(49)47(4)30(32(39)50)17-24-10-6-5-7-11-24)44-34(51)29(12-8-13-40-36-41-14-9-15-42-36)45-35(52)33-43-23(3)48(46-33)28-19-25(37)18-26(38)20-28/h5-7,10-11,18-20,22,27,29-30H,8-9,12-17,21H2,1-4H3,(H2,39,50)(H,44,51)(H,45,52)(H2,40,41,42)/t27?,29-,30?/m0/s1. The Hall–Kier alpha value is -4.69. The van der Waals surface area contributed by atoms with Gasteiger partial charge in [-0.2, -0.15) is 0 Å². The van der Waals surface area contributed by atoms with Crippen molar-refractivity contribution in [3.8, 4) is 5.69 Å². The van der Waals surface area contributed by atoms with E-state index in [-0.39, 0.29) is 36.9 Å². The number of nitrogens with one attached hydrogen (secondary N) is 4. The van der Waals surface area contributed by atoms with Crippen LogP contribution in [0.3, 0.4) is 0 Å². The maximum absolute atomic E-state index is 13.9. The van der Waals surface area contributed by atoms with E-state index in [1.165, 1.54) is 9.58 Å². The van der Waals surface area contributed by atoms with E-state index in [1.807, 2.05) is 44.2 Å². The first-order valence-electron chi connectivity index (χ1n) is 17.4. The molecule has 3 aromatic rings. The summed E-state index contributed by atoms with van der Waals surface area (Å²) in [4.78, 5) is 63.6. The number of aromatic nitrogens is 3. The van der Waals surface area contributed by atoms with Gasteiger partial charge in [-0.1, -0.05) is 67.4 Å². The normalized spacial score (nSPS) is 14.4. The number of nitrogens with two attached hydrogens (primary N) is 1. The molecular weight excluding hydrogens is 707 g/mol. The molecule has 16 heteroatoms. The number of likely N-dealkylation sites (N-methyl/N-ethyl adjacent to an activating group) is 1. The number of guanidine groups is 1. The van der Waals surface area contributed by atoms with Crippen LogP contribution in [0.4, 0.5) is 0 Å². The summed E-state index contributed by atoms with van der Waals surface area (Å²) in [6.45, 7) is 7.71. The summed E-state index contributed by atoms with van der Waals surface area (Å²) in [7, 11) is 1.54. The van der Waals surface area contributed by atoms with Gasteiger partial charge in [0.25, 0.3) is 5.91 Å². The summed E-state index contributed by atoms with van der Waals surface area (Å²) in [5, 5.41) is 17.4. The summed E-state index contributed by atoms with van der Waals surface area (Å²) < 4.78 is 1.45. The summed E-state index contributed by atoms with van der Waals surface area (Å²) in [6, 6.07) is 11.8. The lowest BCUT2D eigenvalue weighted by Crippen LogP contribution is -2.52. The quantitative estimate of drug-likeness (QED) is 0.130. The van der Waals surface area contributed by atoms with E-state index in [1.54, 1.807) is 32.2 Å². The minimum Gasteiger partial charge on any atom is -0.368 e. The molecule has 2 aromatic carbocycles. The number of benzene rings is 2. The molecule has 280 valence electrons. The lowest BCUT2D eigenvalue weighted by molar-refractivity contribution is -0.138. The summed E-state index contributed by atoms with van der Waals surface area (Å²) in [5.41, 5.74) is 7.12. The van der Waals surface area contributed by atoms with Crippen molar-refractivity contribution in [3.05, 3.63) is 75.8 Å². The van der Waals surface area contributed by atoms with Gasteiger partial charge in [-0.05, 0) is 62.3 Å². The van der Waals surface area contributed by atoms with Gasteiger partial charge in [0.15, 0.2) is 5.96 Å². The Morgan fingerprint density at radius 2 is 1.77 bits per heavy atom. The van der Waals surface area contributed by atoms with Crippen molar-refractivity contribution in [2.45, 2.75) is 77.4 Å². The first kappa shape index (κ1) is 40.1. The topological polar surface area (TPSA) is 189 Å². The number of hydrogen-bond acceptors (Lipinski definition) is 9. The fourth-order valence-corrected chi connectivity index (χ4v) is 6.42. The van der Waals surface area contributed by atoms with E-state index in [0.717, 1.165) is 25.1 Å². The van der Waals surface area contributed by atoms with Gasteiger partial charge in [-0.15, -0.1) is 5.10 Å². The highest BCUT2D eigenvalue weighted by molar-refractivity contribution is 6.34. The molecule has 0 bridgehead atoms. The van der Waals surface area contributed by atoms with E-state index in [2.05, 4.69) is 36.3 Å². The van der Waals surface area contributed by atoms with E-state index in [9.17, 15) is 19.2 Å². The lowest BCUT2D eigenvalue weighted by Gasteiger charge is -2.29. The lowest BCUT2D eigenvalue weighted by atomic mass is 9.98. The van der Waals surface area contributed by atoms with Crippen molar-refractivity contribution >= 4 is 52.8 Å². The second kappa shape index (κ2) is 19.2. The highest BCUT2D eigenvalue weighted by atomic mass is 35.5. The molecule has 4 amide bonds. The molecule has 0 saturated heterocycles. The minimum absolute atomic E-state index is 0.0694. The van der Waals surface area contributed by atoms with Crippen molar-refractivity contribution in [2.75, 3.05) is 26.7 Å². The highest BCUT2D eigenvalue weighted by Crippen LogP contribution is 2.22. The second-order valence-electron chi connectivity index (χ2n) is 13.3. The number of aliphatic imine (C=N–C) groups is 1. The van der Waals surface area contributed by atoms with Crippen LogP contribution in [0.1, 0.15) is 68.0 Å². The molecular formula is C36H48Cl2N10O4. The van der Waals surface area contributed by atoms with Crippen LogP contribution in [0.5, 0.6) is 0 Å². The van der Waals surface area contributed by atoms with Crippen LogP contribution >= 0.6 is 23.2 Å². The van der Waals surface area contributed by atoms with Gasteiger partial charge in [0.05, 0.1) is 5.69 Å². The molecule has 0 aliphatic carbocycles. The van der Waals surface area contributed by atoms with Crippen LogP contribution in [0.15, 0.2) is 53.5 Å². The van der Waals surface area contributed by atoms with Crippen LogP contribution in [-0.2, 0) is 20.8 Å². The number of aryl methyl sites for hydroxylation is 1. The maximum atomic E-state index is 13.9. The number of carbonyl (C=O) groups is 4. The molecule has 3 atom stereocenters. The Morgan fingerprint density at radius 1 is 1.06 bits per heavy atom. The summed E-state index contributed by atoms with van der Waals surface area (Å²) >= 11 is 12.4. The average molecular weight is 756 g/mol. The minimum atomic E-state index is -0.984. The van der Waals surface area contributed by atoms with Crippen molar-refractivity contribution < 1.29 is 19.2 Å². The number of nitrogens with zero attached hydrogens (tertiary/aromatic N) is 5. The SMILES string of the molecule is Cc1nc(C(=O)N[C@@H](CCCNC2=NCCCN2)C(=O)NC(CC(=O)N(C)C(Cc2ccccc2)C(N)=O)CC(C)C)nn1-c1cc(Cl)cc(Cl)c1. The predicted octanol–water partition coefficient (Wildman–Crippen LogP) is 3.18. The molecule has 0 spiro atoms. The molecule has 52 heavy (non-hydrogen) atoms. The molecule has 0 radical (unpaired) electrons. The Morgan fingerprint density at radius 3 is 2.40 bits per heavy atom. The molecule has 0 saturated carbocycles. The number of carbonyl (C=O) groups excluding carboxylic acids is 4. The van der Waals surface area contributed by atoms with Gasteiger partial charge in [0.2, 0.25) is 23.5 Å². The molecule has 1 aliphatic rings. The largest absolute Gasteiger partial charge is 0.368 e. The van der Waals surface area contributed by atoms with Crippen molar-refractivity contribution in [2.24, 2.45) is 16.6 Å². The smallest absolute Gasteiger partial charge is 0.291 e. The van der Waals surface area contributed by atoms with E-state index < -0.39 is 35.8 Å². The van der Waals surface area contributed by atoms with Crippen LogP contribution in [0, 0.1) is 12.8 Å². The van der Waals surface area contributed by atoms with Crippen molar-refractivity contribution in [3.63, 3.8) is 0 Å². The van der Waals surface area contributed by atoms with E-state index in [0.29, 0.717) is 46.9 Å². The number of hydrogen-bond donors (Lipinski definition) is 5. The molecule has 0 fully saturated rings. The molecule has 1 aliphatic heterocycles. The molecule has 14 nitrogen and oxygen atoms in total. The third-order valence-electron chi connectivity index (χ3n) is 8.53. The zero-order valence-electron chi connectivity index (χ0n) is 30.0. The maximum Gasteiger partial charge on any atom is 0.291 e. The Balaban J connectivity index is 1.49. The first-order chi connectivity index (χ1) is 24.8. The number of rotatable bonds is 17. The summed E-state index contributed by atoms with van der Waals surface area (Å²) in [6.07, 6.45) is 2.41. The Kier molecular flexibility index (Phi) is 14.8. The van der Waals surface area contributed by atoms with Crippen molar-refractivity contribution in [1.29, 1.82) is 0 Å². The molecule has 2 unspecified atom stereocenters. The van der Waals surface area contributed by atoms with Crippen LogP contribution < -0.4 is 27.0 Å². The van der Waals surface area contributed by atoms with Crippen LogP contribution in [-0.4, -0.2) is 94.1 Å². The third-order valence-corrected chi connectivity index (χ3v) is 8.97. The fraction of sp³-hybridized carbons (Fsp3) is 0.472. The zero-order valence-corrected chi connectivity index (χ0v) is 31.5. The number of amides is 4. The van der Waals surface area contributed by atoms with Crippen molar-refractivity contribution in [1.82, 2.24) is 40.9 Å². The van der Waals surface area contributed by atoms with Gasteiger partial charge in [-0.25, -0.2) is 9.67 Å². The molecule has 1 aromatic heterocycles. The Labute approximate surface area is 314 Å². The van der Waals surface area contributed by atoms with Gasteiger partial charge >= 0.3 is 0 Å². The van der Waals surface area contributed by atoms with Gasteiger partial charge < -0.3 is 31.9 Å². The second-order valence-corrected chi connectivity index (χ2v) is 14.2. The van der Waals surface area contributed by atoms with E-state index in [4.69, 9.17) is 28.9 Å². The van der Waals surface area contributed by atoms with Crippen LogP contribution in [0.2, 0.25) is 10.0 Å². The predicted molar refractivity (Wildman–Crippen MR) is 201 cm³/mol. The fourth-order valence-electron chi connectivity index (χ4n) is 5.91. The zero-order chi connectivity index (χ0) is 37.8. The van der Waals surface area contributed by atoms with Gasteiger partial charge in [-0.3, -0.25) is 24.2 Å². The molecule has 2 heterocycles.